The van der Waals surface area contributed by atoms with Crippen LogP contribution < -0.4 is 33.0 Å². The lowest BCUT2D eigenvalue weighted by molar-refractivity contribution is -0.671. The van der Waals surface area contributed by atoms with Crippen LogP contribution in [0.3, 0.4) is 0 Å². The van der Waals surface area contributed by atoms with Crippen molar-refractivity contribution in [1.82, 2.24) is 4.57 Å². The van der Waals surface area contributed by atoms with Gasteiger partial charge in [0, 0.05) is 5.56 Å². The maximum Gasteiger partial charge on any atom is 0.243 e. The third-order valence-corrected chi connectivity index (χ3v) is 14.5. The Morgan fingerprint density at radius 3 is 0.947 bits per heavy atom. The first-order valence-corrected chi connectivity index (χ1v) is 30.7. The molecule has 0 amide bonds. The van der Waals surface area contributed by atoms with E-state index in [2.05, 4.69) is 134 Å². The SMILES string of the molecule is CCCCCCCCCCCCOc1ccc(COc2cc(Cn3cc[n+](C)c3)cc(OCc3ccc(OCCCCCCCCCCCC)cc3)c2OCc2ccc(OCCCCCCCCCCCC)cc2)cc1. The van der Waals surface area contributed by atoms with Crippen LogP contribution in [0.5, 0.6) is 34.5 Å². The first kappa shape index (κ1) is 61.7. The quantitative estimate of drug-likeness (QED) is 0.0286. The number of rotatable bonds is 47. The van der Waals surface area contributed by atoms with Gasteiger partial charge in [-0.2, -0.15) is 0 Å². The van der Waals surface area contributed by atoms with E-state index in [-0.39, 0.29) is 0 Å². The molecule has 0 radical (unpaired) electrons. The zero-order valence-electron chi connectivity index (χ0n) is 48.3. The van der Waals surface area contributed by atoms with Gasteiger partial charge in [-0.3, -0.25) is 0 Å². The van der Waals surface area contributed by atoms with E-state index in [1.54, 1.807) is 0 Å². The van der Waals surface area contributed by atoms with E-state index in [4.69, 9.17) is 28.4 Å². The number of aryl methyl sites for hydroxylation is 1. The van der Waals surface area contributed by atoms with Crippen molar-refractivity contribution in [2.45, 2.75) is 240 Å². The topological polar surface area (TPSA) is 64.2 Å². The molecule has 0 saturated carbocycles. The largest absolute Gasteiger partial charge is 0.494 e. The van der Waals surface area contributed by atoms with Crippen molar-refractivity contribution in [2.75, 3.05) is 19.8 Å². The third-order valence-electron chi connectivity index (χ3n) is 14.5. The molecule has 5 aromatic rings. The molecule has 420 valence electrons. The van der Waals surface area contributed by atoms with Crippen LogP contribution in [0.25, 0.3) is 0 Å². The molecule has 0 aliphatic carbocycles. The smallest absolute Gasteiger partial charge is 0.243 e. The van der Waals surface area contributed by atoms with Crippen molar-refractivity contribution >= 4 is 0 Å². The first-order valence-electron chi connectivity index (χ1n) is 30.7. The number of benzene rings is 4. The highest BCUT2D eigenvalue weighted by molar-refractivity contribution is 5.54. The average molecular weight is 1040 g/mol. The summed E-state index contributed by atoms with van der Waals surface area (Å²) in [4.78, 5) is 0. The monoisotopic (exact) mass is 1040 g/mol. The number of hydrogen-bond acceptors (Lipinski definition) is 6. The summed E-state index contributed by atoms with van der Waals surface area (Å²) in [6, 6.07) is 29.1. The molecule has 1 aromatic heterocycles. The molecule has 0 aliphatic heterocycles. The van der Waals surface area contributed by atoms with Crippen molar-refractivity contribution < 1.29 is 33.0 Å². The van der Waals surface area contributed by atoms with Crippen LogP contribution in [0.1, 0.15) is 236 Å². The highest BCUT2D eigenvalue weighted by Crippen LogP contribution is 2.41. The minimum absolute atomic E-state index is 0.342. The van der Waals surface area contributed by atoms with Crippen LogP contribution in [0, 0.1) is 0 Å². The molecule has 1 heterocycles. The molecule has 0 saturated heterocycles. The lowest BCUT2D eigenvalue weighted by atomic mass is 10.1. The lowest BCUT2D eigenvalue weighted by Gasteiger charge is -2.19. The molecular formula is C68H103N2O6+. The Kier molecular flexibility index (Phi) is 32.6. The fraction of sp³-hybridized carbons (Fsp3) is 0.603. The molecule has 0 unspecified atom stereocenters. The summed E-state index contributed by atoms with van der Waals surface area (Å²) >= 11 is 0. The third kappa shape index (κ3) is 27.3. The van der Waals surface area contributed by atoms with Gasteiger partial charge in [0.25, 0.3) is 0 Å². The molecule has 8 nitrogen and oxygen atoms in total. The van der Waals surface area contributed by atoms with Gasteiger partial charge in [0.1, 0.15) is 56.0 Å². The van der Waals surface area contributed by atoms with Gasteiger partial charge in [-0.25, -0.2) is 9.13 Å². The molecule has 8 heteroatoms. The van der Waals surface area contributed by atoms with E-state index >= 15 is 0 Å². The van der Waals surface area contributed by atoms with E-state index in [9.17, 15) is 0 Å². The summed E-state index contributed by atoms with van der Waals surface area (Å²) in [7, 11) is 2.04. The van der Waals surface area contributed by atoms with Crippen molar-refractivity contribution in [2.24, 2.45) is 7.05 Å². The van der Waals surface area contributed by atoms with Gasteiger partial charge >= 0.3 is 0 Å². The van der Waals surface area contributed by atoms with E-state index in [1.807, 2.05) is 7.05 Å². The van der Waals surface area contributed by atoms with E-state index in [0.29, 0.717) is 43.6 Å². The van der Waals surface area contributed by atoms with Gasteiger partial charge in [0.15, 0.2) is 11.5 Å². The first-order chi connectivity index (χ1) is 37.5. The highest BCUT2D eigenvalue weighted by Gasteiger charge is 2.19. The molecular weight excluding hydrogens is 941 g/mol. The lowest BCUT2D eigenvalue weighted by Crippen LogP contribution is -2.23. The zero-order chi connectivity index (χ0) is 53.4. The summed E-state index contributed by atoms with van der Waals surface area (Å²) < 4.78 is 42.9. The standard InChI is InChI=1S/C68H103N2O6/c1-5-8-11-14-17-20-23-26-29-32-49-71-63-41-35-59(36-42-63)55-74-66-52-62(54-70-48-47-69(4)58-70)53-67(75-56-60-37-43-64(44-38-60)72-50-33-30-27-24-21-18-15-12-9-6-2)68(66)76-57-61-39-45-65(46-40-61)73-51-34-31-28-25-22-19-16-13-10-7-3/h35-48,52-53,58H,5-34,49-51,54-57H2,1-4H3/q+1. The van der Waals surface area contributed by atoms with Crippen molar-refractivity contribution in [3.63, 3.8) is 0 Å². The van der Waals surface area contributed by atoms with Crippen molar-refractivity contribution in [3.05, 3.63) is 126 Å². The molecule has 0 fully saturated rings. The number of ether oxygens (including phenoxy) is 6. The van der Waals surface area contributed by atoms with Crippen molar-refractivity contribution in [3.8, 4) is 34.5 Å². The predicted molar refractivity (Wildman–Crippen MR) is 315 cm³/mol. The summed E-state index contributed by atoms with van der Waals surface area (Å²) in [6.07, 6.45) is 45.6. The summed E-state index contributed by atoms with van der Waals surface area (Å²) in [5, 5.41) is 0. The Labute approximate surface area is 462 Å². The van der Waals surface area contributed by atoms with Crippen LogP contribution in [0.15, 0.2) is 104 Å². The van der Waals surface area contributed by atoms with Gasteiger partial charge in [-0.1, -0.05) is 231 Å². The second-order valence-electron chi connectivity index (χ2n) is 21.6. The Hall–Kier alpha value is -5.11. The van der Waals surface area contributed by atoms with Gasteiger partial charge < -0.3 is 28.4 Å². The van der Waals surface area contributed by atoms with Crippen molar-refractivity contribution in [1.29, 1.82) is 0 Å². The second-order valence-corrected chi connectivity index (χ2v) is 21.6. The van der Waals surface area contributed by atoms with Crippen LogP contribution in [-0.2, 0) is 33.4 Å². The summed E-state index contributed by atoms with van der Waals surface area (Å²) in [5.74, 6) is 4.53. The maximum absolute atomic E-state index is 6.76. The van der Waals surface area contributed by atoms with Crippen LogP contribution in [0.4, 0.5) is 0 Å². The fourth-order valence-corrected chi connectivity index (χ4v) is 9.75. The molecule has 0 bridgehead atoms. The Balaban J connectivity index is 1.19. The summed E-state index contributed by atoms with van der Waals surface area (Å²) in [6.45, 7) is 10.8. The minimum Gasteiger partial charge on any atom is -0.494 e. The number of unbranched alkanes of at least 4 members (excludes halogenated alkanes) is 27. The Morgan fingerprint density at radius 1 is 0.342 bits per heavy atom. The van der Waals surface area contributed by atoms with E-state index < -0.39 is 0 Å². The second kappa shape index (κ2) is 40.2. The predicted octanol–water partition coefficient (Wildman–Crippen LogP) is 19.0. The van der Waals surface area contributed by atoms with Crippen LogP contribution in [0.2, 0.25) is 0 Å². The number of imidazole rings is 1. The zero-order valence-corrected chi connectivity index (χ0v) is 48.3. The Morgan fingerprint density at radius 2 is 0.645 bits per heavy atom. The van der Waals surface area contributed by atoms with Crippen LogP contribution >= 0.6 is 0 Å². The summed E-state index contributed by atoms with van der Waals surface area (Å²) in [5.41, 5.74) is 4.18. The molecule has 4 aromatic carbocycles. The fourth-order valence-electron chi connectivity index (χ4n) is 9.75. The van der Waals surface area contributed by atoms with Gasteiger partial charge in [0.2, 0.25) is 12.1 Å². The maximum atomic E-state index is 6.76. The average Bonchev–Trinajstić information content (AvgIpc) is 3.86. The molecule has 5 rings (SSSR count). The highest BCUT2D eigenvalue weighted by atomic mass is 16.5. The van der Waals surface area contributed by atoms with E-state index in [0.717, 1.165) is 78.6 Å². The molecule has 0 N–H and O–H groups in total. The Bertz CT molecular complexity index is 2070. The number of nitrogens with zero attached hydrogens (tertiary/aromatic N) is 2. The van der Waals surface area contributed by atoms with E-state index in [1.165, 1.54) is 173 Å². The normalized spacial score (nSPS) is 11.3. The van der Waals surface area contributed by atoms with Gasteiger partial charge in [-0.15, -0.1) is 0 Å². The minimum atomic E-state index is 0.342. The number of aromatic nitrogens is 2. The number of hydrogen-bond donors (Lipinski definition) is 0. The van der Waals surface area contributed by atoms with Gasteiger partial charge in [-0.05, 0) is 84.5 Å². The van der Waals surface area contributed by atoms with Gasteiger partial charge in [0.05, 0.1) is 26.9 Å². The molecule has 76 heavy (non-hydrogen) atoms. The molecule has 0 aliphatic rings. The molecule has 0 spiro atoms. The van der Waals surface area contributed by atoms with Crippen LogP contribution in [-0.4, -0.2) is 24.4 Å². The molecule has 0 atom stereocenters.